The van der Waals surface area contributed by atoms with Crippen LogP contribution in [0.5, 0.6) is 0 Å². The average molecular weight is 446 g/mol. The van der Waals surface area contributed by atoms with Gasteiger partial charge in [0.2, 0.25) is 11.8 Å². The lowest BCUT2D eigenvalue weighted by atomic mass is 10.1. The fourth-order valence-corrected chi connectivity index (χ4v) is 4.66. The molecule has 0 radical (unpaired) electrons. The zero-order valence-electron chi connectivity index (χ0n) is 18.3. The van der Waals surface area contributed by atoms with Crippen LogP contribution in [0.2, 0.25) is 0 Å². The molecule has 1 aromatic heterocycles. The Morgan fingerprint density at radius 1 is 1.00 bits per heavy atom. The van der Waals surface area contributed by atoms with Crippen LogP contribution in [0.25, 0.3) is 10.9 Å². The van der Waals surface area contributed by atoms with Crippen LogP contribution in [-0.4, -0.2) is 42.3 Å². The van der Waals surface area contributed by atoms with Crippen molar-refractivity contribution in [3.8, 4) is 0 Å². The molecule has 2 aromatic carbocycles. The van der Waals surface area contributed by atoms with Crippen molar-refractivity contribution in [2.24, 2.45) is 5.92 Å². The summed E-state index contributed by atoms with van der Waals surface area (Å²) in [4.78, 5) is 44.0. The van der Waals surface area contributed by atoms with Gasteiger partial charge in [0.25, 0.3) is 5.91 Å². The topological polar surface area (TPSA) is 112 Å². The van der Waals surface area contributed by atoms with Crippen LogP contribution in [0.1, 0.15) is 36.2 Å². The molecule has 1 unspecified atom stereocenters. The third-order valence-corrected chi connectivity index (χ3v) is 6.44. The van der Waals surface area contributed by atoms with Crippen molar-refractivity contribution in [3.05, 3.63) is 54.2 Å². The Morgan fingerprint density at radius 2 is 1.76 bits per heavy atom. The van der Waals surface area contributed by atoms with E-state index in [1.165, 1.54) is 0 Å². The number of aromatic amines is 1. The first-order valence-corrected chi connectivity index (χ1v) is 11.4. The quantitative estimate of drug-likeness (QED) is 0.524. The van der Waals surface area contributed by atoms with Crippen LogP contribution in [0, 0.1) is 5.92 Å². The van der Waals surface area contributed by atoms with Gasteiger partial charge in [-0.3, -0.25) is 14.4 Å². The first-order chi connectivity index (χ1) is 16.0. The van der Waals surface area contributed by atoms with Gasteiger partial charge in [-0.25, -0.2) is 0 Å². The number of rotatable bonds is 5. The molecule has 3 aromatic rings. The number of H-pyrrole nitrogens is 1. The second-order valence-electron chi connectivity index (χ2n) is 8.83. The summed E-state index contributed by atoms with van der Waals surface area (Å²) in [6.07, 6.45) is 2.93. The Kier molecular flexibility index (Phi) is 5.50. The van der Waals surface area contributed by atoms with Gasteiger partial charge in [-0.15, -0.1) is 0 Å². The molecule has 1 atom stereocenters. The summed E-state index contributed by atoms with van der Waals surface area (Å²) in [7, 11) is 0. The minimum atomic E-state index is -0.203. The normalized spacial score (nSPS) is 18.8. The van der Waals surface area contributed by atoms with Crippen molar-refractivity contribution < 1.29 is 14.4 Å². The summed E-state index contributed by atoms with van der Waals surface area (Å²) in [5, 5.41) is 3.86. The minimum absolute atomic E-state index is 0.0322. The minimum Gasteiger partial charge on any atom is -0.399 e. The SMILES string of the molecule is Nc1ccc2cc(C(=O)NCC3CC(=O)N(c4ccc(N5CCCCC5=O)cc4)C3)[nH]c2c1. The van der Waals surface area contributed by atoms with Crippen LogP contribution >= 0.6 is 0 Å². The van der Waals surface area contributed by atoms with Gasteiger partial charge in [0.1, 0.15) is 5.69 Å². The van der Waals surface area contributed by atoms with Gasteiger partial charge in [-0.1, -0.05) is 6.07 Å². The summed E-state index contributed by atoms with van der Waals surface area (Å²) >= 11 is 0. The highest BCUT2D eigenvalue weighted by molar-refractivity contribution is 5.99. The van der Waals surface area contributed by atoms with Crippen molar-refractivity contribution >= 4 is 45.7 Å². The number of aromatic nitrogens is 1. The molecule has 4 N–H and O–H groups in total. The van der Waals surface area contributed by atoms with E-state index >= 15 is 0 Å². The van der Waals surface area contributed by atoms with E-state index in [9.17, 15) is 14.4 Å². The number of hydrogen-bond acceptors (Lipinski definition) is 4. The zero-order valence-corrected chi connectivity index (χ0v) is 18.3. The number of anilines is 3. The number of nitrogens with one attached hydrogen (secondary N) is 2. The van der Waals surface area contributed by atoms with Gasteiger partial charge in [-0.2, -0.15) is 0 Å². The van der Waals surface area contributed by atoms with E-state index in [0.29, 0.717) is 37.3 Å². The van der Waals surface area contributed by atoms with Gasteiger partial charge < -0.3 is 25.8 Å². The molecule has 2 fully saturated rings. The van der Waals surface area contributed by atoms with Crippen molar-refractivity contribution in [1.29, 1.82) is 0 Å². The van der Waals surface area contributed by atoms with Gasteiger partial charge in [0.15, 0.2) is 0 Å². The molecule has 0 spiro atoms. The molecule has 0 bridgehead atoms. The van der Waals surface area contributed by atoms with Crippen LogP contribution in [0.15, 0.2) is 48.5 Å². The molecular weight excluding hydrogens is 418 g/mol. The molecule has 5 rings (SSSR count). The van der Waals surface area contributed by atoms with Gasteiger partial charge in [0.05, 0.1) is 0 Å². The number of nitrogen functional groups attached to an aromatic ring is 1. The second kappa shape index (κ2) is 8.61. The molecule has 8 nitrogen and oxygen atoms in total. The molecule has 2 aliphatic rings. The predicted molar refractivity (Wildman–Crippen MR) is 128 cm³/mol. The van der Waals surface area contributed by atoms with Gasteiger partial charge in [-0.05, 0) is 55.3 Å². The number of nitrogens with zero attached hydrogens (tertiary/aromatic N) is 2. The first-order valence-electron chi connectivity index (χ1n) is 11.4. The van der Waals surface area contributed by atoms with E-state index in [4.69, 9.17) is 5.73 Å². The smallest absolute Gasteiger partial charge is 0.267 e. The number of carbonyl (C=O) groups excluding carboxylic acids is 3. The lowest BCUT2D eigenvalue weighted by Crippen LogP contribution is -2.35. The van der Waals surface area contributed by atoms with Gasteiger partial charge >= 0.3 is 0 Å². The second-order valence-corrected chi connectivity index (χ2v) is 8.83. The third kappa shape index (κ3) is 4.28. The number of hydrogen-bond donors (Lipinski definition) is 3. The van der Waals surface area contributed by atoms with Crippen molar-refractivity contribution in [3.63, 3.8) is 0 Å². The number of nitrogens with two attached hydrogens (primary N) is 1. The van der Waals surface area contributed by atoms with Crippen molar-refractivity contribution in [1.82, 2.24) is 10.3 Å². The predicted octanol–water partition coefficient (Wildman–Crippen LogP) is 3.05. The molecule has 0 aliphatic carbocycles. The van der Waals surface area contributed by atoms with Crippen LogP contribution < -0.4 is 20.9 Å². The number of carbonyl (C=O) groups is 3. The lowest BCUT2D eigenvalue weighted by molar-refractivity contribution is -0.119. The number of piperidine rings is 1. The fourth-order valence-electron chi connectivity index (χ4n) is 4.66. The fraction of sp³-hybridized carbons (Fsp3) is 0.320. The number of amides is 3. The molecule has 3 amide bonds. The van der Waals surface area contributed by atoms with E-state index < -0.39 is 0 Å². The van der Waals surface area contributed by atoms with Crippen LogP contribution in [0.3, 0.4) is 0 Å². The Labute approximate surface area is 191 Å². The Hall–Kier alpha value is -3.81. The van der Waals surface area contributed by atoms with Crippen molar-refractivity contribution in [2.75, 3.05) is 35.2 Å². The van der Waals surface area contributed by atoms with E-state index in [1.807, 2.05) is 35.2 Å². The number of benzene rings is 2. The zero-order chi connectivity index (χ0) is 22.9. The highest BCUT2D eigenvalue weighted by Gasteiger charge is 2.31. The largest absolute Gasteiger partial charge is 0.399 e. The standard InChI is InChI=1S/C25H27N5O3/c26-18-5-4-17-12-22(28-21(17)13-18)25(33)27-14-16-11-24(32)30(15-16)20-8-6-19(7-9-20)29-10-2-1-3-23(29)31/h4-9,12-13,16,28H,1-3,10-11,14-15,26H2,(H,27,33). The number of fused-ring (bicyclic) bond motifs is 1. The van der Waals surface area contributed by atoms with E-state index in [1.54, 1.807) is 23.1 Å². The maximum Gasteiger partial charge on any atom is 0.267 e. The van der Waals surface area contributed by atoms with Crippen molar-refractivity contribution in [2.45, 2.75) is 25.7 Å². The molecule has 2 aliphatic heterocycles. The molecule has 170 valence electrons. The molecule has 2 saturated heterocycles. The Balaban J connectivity index is 1.19. The highest BCUT2D eigenvalue weighted by atomic mass is 16.2. The molecule has 3 heterocycles. The van der Waals surface area contributed by atoms with E-state index in [2.05, 4.69) is 10.3 Å². The highest BCUT2D eigenvalue weighted by Crippen LogP contribution is 2.28. The summed E-state index contributed by atoms with van der Waals surface area (Å²) in [5.41, 5.74) is 9.42. The Bertz CT molecular complexity index is 1220. The van der Waals surface area contributed by atoms with Gasteiger partial charge in [0, 0.05) is 66.4 Å². The van der Waals surface area contributed by atoms with E-state index in [0.717, 1.165) is 41.7 Å². The first kappa shape index (κ1) is 21.1. The Morgan fingerprint density at radius 3 is 2.52 bits per heavy atom. The maximum absolute atomic E-state index is 12.6. The summed E-state index contributed by atoms with van der Waals surface area (Å²) in [5.74, 6) is 0.0219. The summed E-state index contributed by atoms with van der Waals surface area (Å²) < 4.78 is 0. The molecule has 0 saturated carbocycles. The van der Waals surface area contributed by atoms with Crippen LogP contribution in [-0.2, 0) is 9.59 Å². The summed E-state index contributed by atoms with van der Waals surface area (Å²) in [6.45, 7) is 1.70. The average Bonchev–Trinajstić information content (AvgIpc) is 3.41. The molecule has 33 heavy (non-hydrogen) atoms. The third-order valence-electron chi connectivity index (χ3n) is 6.44. The van der Waals surface area contributed by atoms with Crippen LogP contribution in [0.4, 0.5) is 17.1 Å². The molecule has 8 heteroatoms. The maximum atomic E-state index is 12.6. The molecular formula is C25H27N5O3. The summed E-state index contributed by atoms with van der Waals surface area (Å²) in [6, 6.07) is 14.9. The van der Waals surface area contributed by atoms with E-state index in [-0.39, 0.29) is 23.6 Å². The monoisotopic (exact) mass is 445 g/mol. The lowest BCUT2D eigenvalue weighted by Gasteiger charge is -2.27.